The molecule has 2 aliphatic rings. The molecule has 3 rings (SSSR count). The van der Waals surface area contributed by atoms with E-state index in [-0.39, 0.29) is 42.7 Å². The number of rotatable bonds is 13. The first-order valence-electron chi connectivity index (χ1n) is 14.9. The first-order chi connectivity index (χ1) is 21.1. The molecule has 0 unspecified atom stereocenters. The van der Waals surface area contributed by atoms with Crippen LogP contribution in [0, 0.1) is 18.3 Å². The molecule has 2 aliphatic heterocycles. The van der Waals surface area contributed by atoms with E-state index in [1.807, 2.05) is 13.8 Å². The second kappa shape index (κ2) is 14.9. The number of phenols is 2. The number of cyclic esters (lactones) is 1. The molecule has 2 heterocycles. The molecule has 1 aromatic rings. The van der Waals surface area contributed by atoms with Crippen molar-refractivity contribution in [2.45, 2.75) is 103 Å². The summed E-state index contributed by atoms with van der Waals surface area (Å²) in [5.74, 6) is -2.52. The van der Waals surface area contributed by atoms with Crippen LogP contribution in [0.25, 0.3) is 0 Å². The molecule has 13 nitrogen and oxygen atoms in total. The Morgan fingerprint density at radius 3 is 2.40 bits per heavy atom. The van der Waals surface area contributed by atoms with Crippen LogP contribution < -0.4 is 5.32 Å². The number of amides is 1. The number of benzene rings is 1. The average Bonchev–Trinajstić information content (AvgIpc) is 2.98. The summed E-state index contributed by atoms with van der Waals surface area (Å²) in [7, 11) is 4.22. The number of ether oxygens (including phenoxy) is 4. The van der Waals surface area contributed by atoms with Crippen LogP contribution in [0.1, 0.15) is 68.4 Å². The zero-order valence-electron chi connectivity index (χ0n) is 27.3. The van der Waals surface area contributed by atoms with Crippen LogP contribution in [-0.4, -0.2) is 102 Å². The Balaban J connectivity index is 1.80. The standard InChI is InChI=1S/C32H48N2O11/c1-15(2)10-23(41-7)28(38)29(39)33-30(42-8)24-14-25(34-43-9)32(5,6)26(44-24)13-20(36)17(4)22-11-18-16(3)19(35)12-21(37)27(18)31(40)45-22/h12,17,20,22-24,26,28,30,35-38H,1,10-11,13-14H2,2-9H3,(H,33,39)/b34-25-/t17-,20+,22-,23+,24+,26-,28+,30+/m1/s1. The zero-order chi connectivity index (χ0) is 33.8. The van der Waals surface area contributed by atoms with Gasteiger partial charge >= 0.3 is 5.97 Å². The van der Waals surface area contributed by atoms with Gasteiger partial charge in [0.1, 0.15) is 36.4 Å². The van der Waals surface area contributed by atoms with E-state index in [1.165, 1.54) is 21.3 Å². The number of aliphatic hydroxyl groups is 2. The SMILES string of the molecule is C=C(C)C[C@H](OC)[C@H](O)C(=O)N[C@@H](OC)[C@@H]1C/C(=N/OC)C(C)(C)[C@@H](C[C@H](O)[C@@H](C)[C@H]2Cc3c(C)c(O)cc(O)c3C(=O)O2)O1. The number of nitrogens with zero attached hydrogens (tertiary/aromatic N) is 1. The Morgan fingerprint density at radius 2 is 1.82 bits per heavy atom. The summed E-state index contributed by atoms with van der Waals surface area (Å²) < 4.78 is 23.0. The Bertz CT molecular complexity index is 1280. The number of aliphatic hydroxyl groups excluding tert-OH is 2. The molecule has 8 atom stereocenters. The lowest BCUT2D eigenvalue weighted by molar-refractivity contribution is -0.161. The van der Waals surface area contributed by atoms with Gasteiger partial charge in [-0.2, -0.15) is 0 Å². The van der Waals surface area contributed by atoms with E-state index in [0.29, 0.717) is 16.8 Å². The summed E-state index contributed by atoms with van der Waals surface area (Å²) in [6.45, 7) is 12.8. The van der Waals surface area contributed by atoms with E-state index >= 15 is 0 Å². The van der Waals surface area contributed by atoms with Gasteiger partial charge in [0.15, 0.2) is 12.3 Å². The number of methoxy groups -OCH3 is 2. The van der Waals surface area contributed by atoms with Crippen LogP contribution >= 0.6 is 0 Å². The van der Waals surface area contributed by atoms with E-state index in [9.17, 15) is 30.0 Å². The van der Waals surface area contributed by atoms with Crippen LogP contribution in [0.3, 0.4) is 0 Å². The molecule has 1 saturated heterocycles. The quantitative estimate of drug-likeness (QED) is 0.0927. The van der Waals surface area contributed by atoms with E-state index in [0.717, 1.165) is 11.6 Å². The highest BCUT2D eigenvalue weighted by atomic mass is 16.6. The molecular formula is C32H48N2O11. The lowest BCUT2D eigenvalue weighted by Gasteiger charge is -2.46. The number of hydrogen-bond donors (Lipinski definition) is 5. The monoisotopic (exact) mass is 636 g/mol. The Morgan fingerprint density at radius 1 is 1.16 bits per heavy atom. The highest BCUT2D eigenvalue weighted by Crippen LogP contribution is 2.41. The van der Waals surface area contributed by atoms with Crippen molar-refractivity contribution in [2.24, 2.45) is 16.5 Å². The van der Waals surface area contributed by atoms with Gasteiger partial charge in [-0.25, -0.2) is 4.79 Å². The van der Waals surface area contributed by atoms with E-state index in [4.69, 9.17) is 23.8 Å². The lowest BCUT2D eigenvalue weighted by atomic mass is 9.73. The highest BCUT2D eigenvalue weighted by Gasteiger charge is 2.48. The number of hydrogen-bond acceptors (Lipinski definition) is 12. The summed E-state index contributed by atoms with van der Waals surface area (Å²) in [6.07, 6.45) is -5.70. The smallest absolute Gasteiger partial charge is 0.342 e. The van der Waals surface area contributed by atoms with Crippen molar-refractivity contribution >= 4 is 17.6 Å². The number of phenolic OH excluding ortho intramolecular Hbond substituents is 2. The van der Waals surface area contributed by atoms with Crippen LogP contribution in [0.15, 0.2) is 23.4 Å². The molecule has 0 radical (unpaired) electrons. The average molecular weight is 637 g/mol. The number of esters is 1. The topological polar surface area (TPSA) is 186 Å². The fraction of sp³-hybridized carbons (Fsp3) is 0.656. The molecule has 0 aromatic heterocycles. The molecule has 5 N–H and O–H groups in total. The van der Waals surface area contributed by atoms with Crippen molar-refractivity contribution < 1.29 is 53.8 Å². The van der Waals surface area contributed by atoms with Gasteiger partial charge in [-0.15, -0.1) is 6.58 Å². The van der Waals surface area contributed by atoms with Gasteiger partial charge < -0.3 is 49.5 Å². The van der Waals surface area contributed by atoms with E-state index in [2.05, 4.69) is 17.1 Å². The maximum atomic E-state index is 13.0. The van der Waals surface area contributed by atoms with Crippen molar-refractivity contribution in [1.29, 1.82) is 0 Å². The number of fused-ring (bicyclic) bond motifs is 1. The summed E-state index contributed by atoms with van der Waals surface area (Å²) in [4.78, 5) is 31.0. The third kappa shape index (κ3) is 7.95. The maximum absolute atomic E-state index is 13.0. The summed E-state index contributed by atoms with van der Waals surface area (Å²) >= 11 is 0. The van der Waals surface area contributed by atoms with Gasteiger partial charge in [0, 0.05) is 50.9 Å². The van der Waals surface area contributed by atoms with Crippen LogP contribution in [0.4, 0.5) is 0 Å². The predicted molar refractivity (Wildman–Crippen MR) is 164 cm³/mol. The van der Waals surface area contributed by atoms with Gasteiger partial charge in [-0.3, -0.25) is 4.79 Å². The molecule has 0 spiro atoms. The molecule has 252 valence electrons. The number of carbonyl (C=O) groups excluding carboxylic acids is 2. The lowest BCUT2D eigenvalue weighted by Crippen LogP contribution is -2.58. The molecule has 1 amide bonds. The number of aromatic hydroxyl groups is 2. The second-order valence-electron chi connectivity index (χ2n) is 12.6. The van der Waals surface area contributed by atoms with Crippen molar-refractivity contribution in [3.05, 3.63) is 34.9 Å². The van der Waals surface area contributed by atoms with Gasteiger partial charge in [-0.05, 0) is 31.4 Å². The maximum Gasteiger partial charge on any atom is 0.342 e. The zero-order valence-corrected chi connectivity index (χ0v) is 27.3. The van der Waals surface area contributed by atoms with Gasteiger partial charge in [0.25, 0.3) is 5.91 Å². The van der Waals surface area contributed by atoms with Gasteiger partial charge in [-0.1, -0.05) is 31.5 Å². The van der Waals surface area contributed by atoms with Crippen molar-refractivity contribution in [3.63, 3.8) is 0 Å². The largest absolute Gasteiger partial charge is 0.508 e. The minimum absolute atomic E-state index is 0.0115. The molecule has 0 saturated carbocycles. The number of carbonyl (C=O) groups is 2. The molecule has 0 aliphatic carbocycles. The second-order valence-corrected chi connectivity index (χ2v) is 12.6. The van der Waals surface area contributed by atoms with Crippen LogP contribution in [0.2, 0.25) is 0 Å². The van der Waals surface area contributed by atoms with E-state index < -0.39 is 66.1 Å². The summed E-state index contributed by atoms with van der Waals surface area (Å²) in [5, 5.41) is 49.5. The van der Waals surface area contributed by atoms with Crippen LogP contribution in [-0.2, 0) is 35.0 Å². The fourth-order valence-corrected chi connectivity index (χ4v) is 5.93. The molecule has 13 heteroatoms. The molecule has 0 bridgehead atoms. The van der Waals surface area contributed by atoms with Gasteiger partial charge in [0.05, 0.1) is 24.0 Å². The Kier molecular flexibility index (Phi) is 12.0. The molecular weight excluding hydrogens is 588 g/mol. The number of nitrogens with one attached hydrogen (secondary N) is 1. The molecule has 1 aromatic carbocycles. The third-order valence-corrected chi connectivity index (χ3v) is 9.02. The Hall–Kier alpha value is -3.23. The fourth-order valence-electron chi connectivity index (χ4n) is 5.93. The normalized spacial score (nSPS) is 25.3. The minimum Gasteiger partial charge on any atom is -0.508 e. The van der Waals surface area contributed by atoms with Crippen LogP contribution in [0.5, 0.6) is 11.5 Å². The van der Waals surface area contributed by atoms with Crippen molar-refractivity contribution in [1.82, 2.24) is 5.32 Å². The van der Waals surface area contributed by atoms with Crippen molar-refractivity contribution in [2.75, 3.05) is 21.3 Å². The summed E-state index contributed by atoms with van der Waals surface area (Å²) in [5.41, 5.74) is 1.57. The first kappa shape index (κ1) is 36.2. The van der Waals surface area contributed by atoms with E-state index in [1.54, 1.807) is 20.8 Å². The molecule has 1 fully saturated rings. The third-order valence-electron chi connectivity index (χ3n) is 9.02. The summed E-state index contributed by atoms with van der Waals surface area (Å²) in [6, 6.07) is 1.11. The predicted octanol–water partition coefficient (Wildman–Crippen LogP) is 2.49. The van der Waals surface area contributed by atoms with Crippen molar-refractivity contribution in [3.8, 4) is 11.5 Å². The van der Waals surface area contributed by atoms with Gasteiger partial charge in [0.2, 0.25) is 0 Å². The first-order valence-corrected chi connectivity index (χ1v) is 14.9. The highest BCUT2D eigenvalue weighted by molar-refractivity contribution is 5.96. The number of oxime groups is 1. The minimum atomic E-state index is -1.49. The molecule has 45 heavy (non-hydrogen) atoms. The Labute approximate surface area is 264 Å².